The lowest BCUT2D eigenvalue weighted by Gasteiger charge is -2.40. The van der Waals surface area contributed by atoms with E-state index in [1.807, 2.05) is 0 Å². The third kappa shape index (κ3) is 7.33. The smallest absolute Gasteiger partial charge is 0.336 e. The molecule has 3 amide bonds. The second-order valence-electron chi connectivity index (χ2n) is 7.41. The quantitative estimate of drug-likeness (QED) is 0.169. The van der Waals surface area contributed by atoms with E-state index in [0.29, 0.717) is 36.4 Å². The fourth-order valence-corrected chi connectivity index (χ4v) is 3.14. The lowest BCUT2D eigenvalue weighted by atomic mass is 9.97. The number of unbranched alkanes of at least 4 members (excludes halogenated alkanes) is 3. The molecule has 1 fully saturated rings. The van der Waals surface area contributed by atoms with Gasteiger partial charge < -0.3 is 41.1 Å². The van der Waals surface area contributed by atoms with E-state index in [9.17, 15) is 38.9 Å². The van der Waals surface area contributed by atoms with Gasteiger partial charge in [0, 0.05) is 13.1 Å². The minimum absolute atomic E-state index is 0.203. The van der Waals surface area contributed by atoms with Crippen LogP contribution in [-0.4, -0.2) is 92.4 Å². The lowest BCUT2D eigenvalue weighted by molar-refractivity contribution is -0.252. The molecule has 0 aliphatic carbocycles. The molecule has 8 N–H and O–H groups in total. The Bertz CT molecular complexity index is 923. The van der Waals surface area contributed by atoms with Crippen molar-refractivity contribution in [2.24, 2.45) is 0 Å². The number of amides is 3. The molecule has 1 aliphatic rings. The number of nitrogens with one attached hydrogen (secondary N) is 4. The predicted octanol–water partition coefficient (Wildman–Crippen LogP) is -3.11. The Morgan fingerprint density at radius 1 is 1.06 bits per heavy atom. The summed E-state index contributed by atoms with van der Waals surface area (Å²) in [7, 11) is 0. The molecule has 2 rings (SSSR count). The maximum atomic E-state index is 13.2. The Morgan fingerprint density at radius 2 is 1.70 bits per heavy atom. The molecule has 0 radical (unpaired) electrons. The molecule has 1 aromatic rings. The minimum Gasteiger partial charge on any atom is -0.394 e. The highest BCUT2D eigenvalue weighted by atomic mass is 19.1. The van der Waals surface area contributed by atoms with Crippen LogP contribution < -0.4 is 27.2 Å². The standard InChI is InChI=1S/C18H28FN5O9/c19-9-7-24(18(32)23-14(9)28)17(31)21-6-4-2-1-3-5-20-16(30)22-11-13(27)12(26)10(8-25)33-15(11)29/h7,10-13,15,25-27,29H,1-6,8H2,(H,21,31)(H2,20,22,30)(H,23,28,32). The largest absolute Gasteiger partial charge is 0.394 e. The molecule has 14 nitrogen and oxygen atoms in total. The third-order valence-electron chi connectivity index (χ3n) is 4.98. The van der Waals surface area contributed by atoms with E-state index in [1.54, 1.807) is 4.98 Å². The van der Waals surface area contributed by atoms with Gasteiger partial charge >= 0.3 is 17.8 Å². The summed E-state index contributed by atoms with van der Waals surface area (Å²) in [6.07, 6.45) is -2.81. The summed E-state index contributed by atoms with van der Waals surface area (Å²) in [5.74, 6) is -1.26. The zero-order valence-electron chi connectivity index (χ0n) is 17.6. The van der Waals surface area contributed by atoms with Crippen LogP contribution in [0.5, 0.6) is 0 Å². The molecular weight excluding hydrogens is 449 g/mol. The highest BCUT2D eigenvalue weighted by Gasteiger charge is 2.44. The molecule has 0 spiro atoms. The van der Waals surface area contributed by atoms with Gasteiger partial charge in [-0.05, 0) is 12.8 Å². The summed E-state index contributed by atoms with van der Waals surface area (Å²) in [6.45, 7) is -0.136. The van der Waals surface area contributed by atoms with Gasteiger partial charge in [0.15, 0.2) is 6.29 Å². The molecule has 5 atom stereocenters. The molecule has 15 heteroatoms. The van der Waals surface area contributed by atoms with E-state index in [1.165, 1.54) is 0 Å². The van der Waals surface area contributed by atoms with E-state index in [0.717, 1.165) is 0 Å². The number of ether oxygens (including phenoxy) is 1. The van der Waals surface area contributed by atoms with Gasteiger partial charge in [0.05, 0.1) is 12.8 Å². The van der Waals surface area contributed by atoms with Crippen molar-refractivity contribution in [3.63, 3.8) is 0 Å². The number of H-pyrrole nitrogens is 1. The van der Waals surface area contributed by atoms with Crippen LogP contribution in [0.25, 0.3) is 0 Å². The zero-order valence-corrected chi connectivity index (χ0v) is 17.6. The Hall–Kier alpha value is -2.85. The first kappa shape index (κ1) is 26.4. The van der Waals surface area contributed by atoms with E-state index >= 15 is 0 Å². The Morgan fingerprint density at radius 3 is 2.33 bits per heavy atom. The number of nitrogens with zero attached hydrogens (tertiary/aromatic N) is 1. The molecule has 33 heavy (non-hydrogen) atoms. The third-order valence-corrected chi connectivity index (χ3v) is 4.98. The summed E-state index contributed by atoms with van der Waals surface area (Å²) in [5.41, 5.74) is -2.26. The van der Waals surface area contributed by atoms with Gasteiger partial charge in [-0.2, -0.15) is 4.39 Å². The van der Waals surface area contributed by atoms with Crippen LogP contribution in [0.15, 0.2) is 15.8 Å². The number of aliphatic hydroxyl groups is 4. The number of carbonyl (C=O) groups excluding carboxylic acids is 2. The summed E-state index contributed by atoms with van der Waals surface area (Å²) in [4.78, 5) is 47.9. The van der Waals surface area contributed by atoms with Crippen molar-refractivity contribution >= 4 is 12.1 Å². The van der Waals surface area contributed by atoms with Gasteiger partial charge in [-0.3, -0.25) is 9.78 Å². The average Bonchev–Trinajstić information content (AvgIpc) is 2.77. The second-order valence-corrected chi connectivity index (χ2v) is 7.41. The number of rotatable bonds is 9. The van der Waals surface area contributed by atoms with Crippen molar-refractivity contribution in [2.75, 3.05) is 19.7 Å². The molecular formula is C18H28FN5O9. The molecule has 5 unspecified atom stereocenters. The van der Waals surface area contributed by atoms with Crippen LogP contribution in [0.3, 0.4) is 0 Å². The molecule has 1 aliphatic heterocycles. The normalized spacial score (nSPS) is 24.8. The highest BCUT2D eigenvalue weighted by molar-refractivity contribution is 5.76. The first-order valence-corrected chi connectivity index (χ1v) is 10.3. The van der Waals surface area contributed by atoms with Crippen LogP contribution >= 0.6 is 0 Å². The van der Waals surface area contributed by atoms with Gasteiger partial charge in [-0.15, -0.1) is 0 Å². The second kappa shape index (κ2) is 12.4. The Kier molecular flexibility index (Phi) is 9.93. The number of halogens is 1. The molecule has 0 saturated carbocycles. The predicted molar refractivity (Wildman–Crippen MR) is 109 cm³/mol. The molecule has 0 aromatic carbocycles. The van der Waals surface area contributed by atoms with Crippen LogP contribution in [-0.2, 0) is 4.74 Å². The van der Waals surface area contributed by atoms with Crippen LogP contribution in [0, 0.1) is 5.82 Å². The van der Waals surface area contributed by atoms with E-state index in [-0.39, 0.29) is 13.1 Å². The fraction of sp³-hybridized carbons (Fsp3) is 0.667. The topological polar surface area (TPSA) is 215 Å². The van der Waals surface area contributed by atoms with Gasteiger partial charge in [-0.1, -0.05) is 12.8 Å². The average molecular weight is 477 g/mol. The van der Waals surface area contributed by atoms with Gasteiger partial charge in [0.25, 0.3) is 5.56 Å². The molecule has 1 saturated heterocycles. The highest BCUT2D eigenvalue weighted by Crippen LogP contribution is 2.19. The lowest BCUT2D eigenvalue weighted by Crippen LogP contribution is -2.65. The van der Waals surface area contributed by atoms with E-state index < -0.39 is 66.4 Å². The Balaban J connectivity index is 1.59. The Labute approximate surface area is 186 Å². The number of carbonyl (C=O) groups is 2. The maximum absolute atomic E-state index is 13.2. The number of aliphatic hydroxyl groups excluding tert-OH is 4. The number of hydrogen-bond acceptors (Lipinski definition) is 9. The maximum Gasteiger partial charge on any atom is 0.336 e. The van der Waals surface area contributed by atoms with Crippen LogP contribution in [0.2, 0.25) is 0 Å². The van der Waals surface area contributed by atoms with Crippen molar-refractivity contribution in [1.82, 2.24) is 25.5 Å². The number of aromatic amines is 1. The van der Waals surface area contributed by atoms with Crippen molar-refractivity contribution in [3.8, 4) is 0 Å². The monoisotopic (exact) mass is 477 g/mol. The number of urea groups is 1. The van der Waals surface area contributed by atoms with E-state index in [4.69, 9.17) is 9.84 Å². The molecule has 0 bridgehead atoms. The molecule has 2 heterocycles. The fourth-order valence-electron chi connectivity index (χ4n) is 3.14. The number of aromatic nitrogens is 2. The van der Waals surface area contributed by atoms with Crippen LogP contribution in [0.1, 0.15) is 25.7 Å². The van der Waals surface area contributed by atoms with Gasteiger partial charge in [0.1, 0.15) is 24.4 Å². The summed E-state index contributed by atoms with van der Waals surface area (Å²) < 4.78 is 18.6. The summed E-state index contributed by atoms with van der Waals surface area (Å²) in [5, 5.41) is 45.9. The number of hydrogen-bond donors (Lipinski definition) is 8. The van der Waals surface area contributed by atoms with Crippen LogP contribution in [0.4, 0.5) is 14.0 Å². The van der Waals surface area contributed by atoms with Gasteiger partial charge in [0.2, 0.25) is 5.82 Å². The molecule has 1 aromatic heterocycles. The first-order chi connectivity index (χ1) is 15.6. The summed E-state index contributed by atoms with van der Waals surface area (Å²) in [6, 6.07) is -2.85. The SMILES string of the molecule is O=C(NCCCCCCNC(=O)n1cc(F)c(=O)[nH]c1=O)NC1C(O)OC(CO)C(O)C1O. The van der Waals surface area contributed by atoms with Gasteiger partial charge in [-0.25, -0.2) is 19.0 Å². The van der Waals surface area contributed by atoms with E-state index in [2.05, 4.69) is 16.0 Å². The minimum atomic E-state index is -1.61. The zero-order chi connectivity index (χ0) is 24.5. The van der Waals surface area contributed by atoms with Crippen molar-refractivity contribution in [1.29, 1.82) is 0 Å². The van der Waals surface area contributed by atoms with Crippen molar-refractivity contribution in [3.05, 3.63) is 32.9 Å². The molecule has 186 valence electrons. The van der Waals surface area contributed by atoms with Crippen molar-refractivity contribution in [2.45, 2.75) is 56.3 Å². The first-order valence-electron chi connectivity index (χ1n) is 10.3. The summed E-state index contributed by atoms with van der Waals surface area (Å²) >= 11 is 0. The van der Waals surface area contributed by atoms with Crippen molar-refractivity contribution < 1.29 is 39.1 Å².